The number of hydrogen-bond acceptors (Lipinski definition) is 1. The van der Waals surface area contributed by atoms with Crippen molar-refractivity contribution in [3.8, 4) is 23.7 Å². The Kier molecular flexibility index (Phi) is 5.22. The molecule has 0 bridgehead atoms. The minimum absolute atomic E-state index is 0.0773. The summed E-state index contributed by atoms with van der Waals surface area (Å²) in [5.41, 5.74) is 3.28. The Hall–Kier alpha value is -2.48. The number of aryl methyl sites for hydroxylation is 1. The van der Waals surface area contributed by atoms with E-state index in [4.69, 9.17) is 0 Å². The van der Waals surface area contributed by atoms with Gasteiger partial charge in [-0.05, 0) is 45.3 Å². The minimum atomic E-state index is -0.0773. The molecule has 1 atom stereocenters. The highest BCUT2D eigenvalue weighted by Crippen LogP contribution is 2.02. The molecule has 0 heterocycles. The summed E-state index contributed by atoms with van der Waals surface area (Å²) >= 11 is 0. The lowest BCUT2D eigenvalue weighted by atomic mass is 10.1. The first-order valence-electron chi connectivity index (χ1n) is 6.96. The van der Waals surface area contributed by atoms with Crippen molar-refractivity contribution in [1.82, 2.24) is 4.90 Å². The largest absolute Gasteiger partial charge is 0.286 e. The van der Waals surface area contributed by atoms with Gasteiger partial charge in [0.1, 0.15) is 6.04 Å². The van der Waals surface area contributed by atoms with Crippen LogP contribution in [0.2, 0.25) is 0 Å². The van der Waals surface area contributed by atoms with Gasteiger partial charge in [-0.1, -0.05) is 59.6 Å². The van der Waals surface area contributed by atoms with Crippen LogP contribution in [0.4, 0.5) is 0 Å². The summed E-state index contributed by atoms with van der Waals surface area (Å²) in [6.07, 6.45) is 0. The molecule has 0 aliphatic rings. The summed E-state index contributed by atoms with van der Waals surface area (Å²) < 4.78 is 0. The van der Waals surface area contributed by atoms with E-state index in [0.717, 1.165) is 11.1 Å². The van der Waals surface area contributed by atoms with Crippen molar-refractivity contribution in [3.05, 3.63) is 71.3 Å². The Bertz CT molecular complexity index is 689. The summed E-state index contributed by atoms with van der Waals surface area (Å²) in [5, 5.41) is 0. The lowest BCUT2D eigenvalue weighted by molar-refractivity contribution is 0.409. The number of rotatable bonds is 1. The topological polar surface area (TPSA) is 3.24 Å². The van der Waals surface area contributed by atoms with E-state index >= 15 is 0 Å². The Morgan fingerprint density at radius 2 is 1.29 bits per heavy atom. The second kappa shape index (κ2) is 7.34. The van der Waals surface area contributed by atoms with E-state index in [0.29, 0.717) is 0 Å². The van der Waals surface area contributed by atoms with Gasteiger partial charge in [0, 0.05) is 11.1 Å². The van der Waals surface area contributed by atoms with E-state index in [-0.39, 0.29) is 6.04 Å². The van der Waals surface area contributed by atoms with Crippen molar-refractivity contribution < 1.29 is 0 Å². The summed E-state index contributed by atoms with van der Waals surface area (Å²) in [6.45, 7) is 2.07. The SMILES string of the molecule is Cc1ccc(C#CC(C#Cc2ccccc2)N(C)C)cc1. The van der Waals surface area contributed by atoms with Gasteiger partial charge in [-0.3, -0.25) is 4.90 Å². The molecule has 1 nitrogen and oxygen atoms in total. The van der Waals surface area contributed by atoms with Crippen molar-refractivity contribution in [2.45, 2.75) is 13.0 Å². The standard InChI is InChI=1S/C20H19N/c1-17-9-11-19(12-10-17)14-16-20(21(2)3)15-13-18-7-5-4-6-8-18/h4-12,20H,1-3H3. The lowest BCUT2D eigenvalue weighted by Gasteiger charge is -2.12. The maximum atomic E-state index is 3.23. The lowest BCUT2D eigenvalue weighted by Crippen LogP contribution is -2.24. The molecule has 0 spiro atoms. The molecule has 0 amide bonds. The van der Waals surface area contributed by atoms with Crippen molar-refractivity contribution in [2.24, 2.45) is 0 Å². The van der Waals surface area contributed by atoms with Crippen LogP contribution in [-0.4, -0.2) is 25.0 Å². The Morgan fingerprint density at radius 1 is 0.762 bits per heavy atom. The molecule has 104 valence electrons. The van der Waals surface area contributed by atoms with Crippen LogP contribution in [0.1, 0.15) is 16.7 Å². The van der Waals surface area contributed by atoms with E-state index in [9.17, 15) is 0 Å². The third-order valence-corrected chi connectivity index (χ3v) is 3.05. The molecule has 2 rings (SSSR count). The molecule has 2 aromatic carbocycles. The first-order valence-corrected chi connectivity index (χ1v) is 6.96. The molecule has 1 unspecified atom stereocenters. The molecule has 2 aromatic rings. The molecule has 0 aromatic heterocycles. The van der Waals surface area contributed by atoms with E-state index < -0.39 is 0 Å². The number of benzene rings is 2. The van der Waals surface area contributed by atoms with Crippen LogP contribution in [0.25, 0.3) is 0 Å². The van der Waals surface area contributed by atoms with Gasteiger partial charge >= 0.3 is 0 Å². The molecule has 0 N–H and O–H groups in total. The van der Waals surface area contributed by atoms with Gasteiger partial charge in [-0.2, -0.15) is 0 Å². The fourth-order valence-electron chi connectivity index (χ4n) is 1.76. The zero-order valence-electron chi connectivity index (χ0n) is 12.7. The predicted molar refractivity (Wildman–Crippen MR) is 88.9 cm³/mol. The Balaban J connectivity index is 2.18. The van der Waals surface area contributed by atoms with E-state index in [2.05, 4.69) is 42.7 Å². The second-order valence-electron chi connectivity index (χ2n) is 5.14. The highest BCUT2D eigenvalue weighted by Gasteiger charge is 2.02. The van der Waals surface area contributed by atoms with Crippen molar-refractivity contribution in [2.75, 3.05) is 14.1 Å². The van der Waals surface area contributed by atoms with Crippen molar-refractivity contribution in [3.63, 3.8) is 0 Å². The molecule has 21 heavy (non-hydrogen) atoms. The molecular formula is C20H19N. The average molecular weight is 273 g/mol. The van der Waals surface area contributed by atoms with Gasteiger partial charge in [-0.25, -0.2) is 0 Å². The van der Waals surface area contributed by atoms with Crippen LogP contribution in [-0.2, 0) is 0 Å². The fourth-order valence-corrected chi connectivity index (χ4v) is 1.76. The molecule has 0 saturated carbocycles. The van der Waals surface area contributed by atoms with Crippen LogP contribution >= 0.6 is 0 Å². The van der Waals surface area contributed by atoms with Gasteiger partial charge in [-0.15, -0.1) is 0 Å². The third kappa shape index (κ3) is 4.84. The predicted octanol–water partition coefficient (Wildman–Crippen LogP) is 3.33. The zero-order chi connectivity index (χ0) is 15.1. The molecule has 0 radical (unpaired) electrons. The summed E-state index contributed by atoms with van der Waals surface area (Å²) in [6, 6.07) is 18.1. The monoisotopic (exact) mass is 273 g/mol. The summed E-state index contributed by atoms with van der Waals surface area (Å²) in [5.74, 6) is 12.8. The van der Waals surface area contributed by atoms with Gasteiger partial charge in [0.15, 0.2) is 0 Å². The Morgan fingerprint density at radius 3 is 1.81 bits per heavy atom. The van der Waals surface area contributed by atoms with Crippen LogP contribution in [0.5, 0.6) is 0 Å². The molecule has 0 aliphatic carbocycles. The van der Waals surface area contributed by atoms with E-state index in [1.165, 1.54) is 5.56 Å². The van der Waals surface area contributed by atoms with Gasteiger partial charge in [0.2, 0.25) is 0 Å². The Labute approximate surface area is 127 Å². The maximum absolute atomic E-state index is 3.23. The fraction of sp³-hybridized carbons (Fsp3) is 0.200. The summed E-state index contributed by atoms with van der Waals surface area (Å²) in [4.78, 5) is 2.02. The number of nitrogens with zero attached hydrogens (tertiary/aromatic N) is 1. The van der Waals surface area contributed by atoms with Crippen LogP contribution in [0, 0.1) is 30.6 Å². The van der Waals surface area contributed by atoms with Gasteiger partial charge < -0.3 is 0 Å². The van der Waals surface area contributed by atoms with E-state index in [1.54, 1.807) is 0 Å². The van der Waals surface area contributed by atoms with E-state index in [1.807, 2.05) is 61.5 Å². The number of hydrogen-bond donors (Lipinski definition) is 0. The highest BCUT2D eigenvalue weighted by atomic mass is 15.1. The van der Waals surface area contributed by atoms with Crippen LogP contribution < -0.4 is 0 Å². The first-order chi connectivity index (χ1) is 10.1. The summed E-state index contributed by atoms with van der Waals surface area (Å²) in [7, 11) is 3.99. The highest BCUT2D eigenvalue weighted by molar-refractivity contribution is 5.41. The van der Waals surface area contributed by atoms with Crippen LogP contribution in [0.15, 0.2) is 54.6 Å². The molecule has 0 saturated heterocycles. The first kappa shape index (κ1) is 14.9. The molecule has 0 fully saturated rings. The molecule has 0 aliphatic heterocycles. The van der Waals surface area contributed by atoms with Gasteiger partial charge in [0.25, 0.3) is 0 Å². The smallest absolute Gasteiger partial charge is 0.134 e. The normalized spacial score (nSPS) is 11.0. The quantitative estimate of drug-likeness (QED) is 0.720. The minimum Gasteiger partial charge on any atom is -0.286 e. The molecule has 1 heteroatoms. The van der Waals surface area contributed by atoms with Crippen molar-refractivity contribution in [1.29, 1.82) is 0 Å². The zero-order valence-corrected chi connectivity index (χ0v) is 12.7. The second-order valence-corrected chi connectivity index (χ2v) is 5.14. The maximum Gasteiger partial charge on any atom is 0.134 e. The molecular weight excluding hydrogens is 254 g/mol. The average Bonchev–Trinajstić information content (AvgIpc) is 2.49. The van der Waals surface area contributed by atoms with Gasteiger partial charge in [0.05, 0.1) is 0 Å². The van der Waals surface area contributed by atoms with Crippen LogP contribution in [0.3, 0.4) is 0 Å². The van der Waals surface area contributed by atoms with Crippen molar-refractivity contribution >= 4 is 0 Å². The third-order valence-electron chi connectivity index (χ3n) is 3.05.